The molecule has 1 atom stereocenters. The topological polar surface area (TPSA) is 70.7 Å². The second kappa shape index (κ2) is 6.85. The first-order valence-electron chi connectivity index (χ1n) is 7.16. The van der Waals surface area contributed by atoms with Crippen molar-refractivity contribution < 1.29 is 4.79 Å². The number of thiazole rings is 1. The van der Waals surface area contributed by atoms with Gasteiger partial charge in [-0.2, -0.15) is 5.10 Å². The molecule has 0 aliphatic carbocycles. The van der Waals surface area contributed by atoms with Crippen LogP contribution in [0.15, 0.2) is 5.38 Å². The monoisotopic (exact) mass is 306 g/mol. The summed E-state index contributed by atoms with van der Waals surface area (Å²) in [4.78, 5) is 16.4. The van der Waals surface area contributed by atoms with Crippen LogP contribution in [0, 0.1) is 20.8 Å². The van der Waals surface area contributed by atoms with Crippen molar-refractivity contribution in [2.75, 3.05) is 6.54 Å². The highest BCUT2D eigenvalue weighted by Crippen LogP contribution is 2.19. The van der Waals surface area contributed by atoms with Gasteiger partial charge in [-0.15, -0.1) is 11.3 Å². The zero-order chi connectivity index (χ0) is 15.4. The highest BCUT2D eigenvalue weighted by atomic mass is 32.1. The van der Waals surface area contributed by atoms with Crippen LogP contribution < -0.4 is 5.32 Å². The van der Waals surface area contributed by atoms with E-state index in [0.717, 1.165) is 27.7 Å². The molecule has 0 aliphatic heterocycles. The molecule has 0 radical (unpaired) electrons. The summed E-state index contributed by atoms with van der Waals surface area (Å²) in [5.41, 5.74) is 4.23. The molecule has 2 rings (SSSR count). The van der Waals surface area contributed by atoms with Crippen LogP contribution in [0.25, 0.3) is 0 Å². The maximum atomic E-state index is 11.9. The molecule has 114 valence electrons. The summed E-state index contributed by atoms with van der Waals surface area (Å²) in [7, 11) is 0. The van der Waals surface area contributed by atoms with Crippen LogP contribution >= 0.6 is 11.3 Å². The predicted molar refractivity (Wildman–Crippen MR) is 84.7 cm³/mol. The van der Waals surface area contributed by atoms with E-state index in [2.05, 4.69) is 27.4 Å². The van der Waals surface area contributed by atoms with Crippen LogP contribution in [0.5, 0.6) is 0 Å². The SMILES string of the molecule is Cc1csc(C(C)CNC(=O)CCc2n[nH]c(C)c2C)n1. The zero-order valence-electron chi connectivity index (χ0n) is 13.0. The van der Waals surface area contributed by atoms with E-state index in [1.807, 2.05) is 26.2 Å². The minimum Gasteiger partial charge on any atom is -0.355 e. The van der Waals surface area contributed by atoms with Gasteiger partial charge in [-0.3, -0.25) is 9.89 Å². The quantitative estimate of drug-likeness (QED) is 0.862. The number of rotatable bonds is 6. The van der Waals surface area contributed by atoms with Gasteiger partial charge < -0.3 is 5.32 Å². The number of H-pyrrole nitrogens is 1. The number of aromatic nitrogens is 3. The molecule has 1 unspecified atom stereocenters. The Morgan fingerprint density at radius 1 is 1.43 bits per heavy atom. The van der Waals surface area contributed by atoms with Crippen molar-refractivity contribution in [1.29, 1.82) is 0 Å². The Labute approximate surface area is 129 Å². The van der Waals surface area contributed by atoms with E-state index in [4.69, 9.17) is 0 Å². The maximum Gasteiger partial charge on any atom is 0.220 e. The third-order valence-electron chi connectivity index (χ3n) is 3.61. The average Bonchev–Trinajstić information content (AvgIpc) is 3.02. The van der Waals surface area contributed by atoms with Crippen molar-refractivity contribution in [3.05, 3.63) is 33.0 Å². The number of carbonyl (C=O) groups is 1. The molecule has 21 heavy (non-hydrogen) atoms. The molecule has 0 aromatic carbocycles. The molecule has 6 heteroatoms. The van der Waals surface area contributed by atoms with Gasteiger partial charge in [-0.05, 0) is 26.3 Å². The number of nitrogens with one attached hydrogen (secondary N) is 2. The second-order valence-corrected chi connectivity index (χ2v) is 6.34. The minimum absolute atomic E-state index is 0.0650. The summed E-state index contributed by atoms with van der Waals surface area (Å²) < 4.78 is 0. The van der Waals surface area contributed by atoms with Gasteiger partial charge >= 0.3 is 0 Å². The fourth-order valence-corrected chi connectivity index (χ4v) is 2.91. The molecule has 0 aliphatic rings. The molecule has 2 aromatic rings. The fourth-order valence-electron chi connectivity index (χ4n) is 2.05. The molecule has 2 N–H and O–H groups in total. The summed E-state index contributed by atoms with van der Waals surface area (Å²) in [5.74, 6) is 0.317. The molecule has 0 spiro atoms. The van der Waals surface area contributed by atoms with E-state index in [9.17, 15) is 4.79 Å². The number of carbonyl (C=O) groups excluding carboxylic acids is 1. The molecule has 0 fully saturated rings. The van der Waals surface area contributed by atoms with E-state index < -0.39 is 0 Å². The first-order valence-corrected chi connectivity index (χ1v) is 8.04. The van der Waals surface area contributed by atoms with Crippen molar-refractivity contribution in [3.63, 3.8) is 0 Å². The maximum absolute atomic E-state index is 11.9. The van der Waals surface area contributed by atoms with Gasteiger partial charge in [-0.1, -0.05) is 6.92 Å². The summed E-state index contributed by atoms with van der Waals surface area (Å²) in [5, 5.41) is 13.3. The number of hydrogen-bond acceptors (Lipinski definition) is 4. The first kappa shape index (κ1) is 15.7. The predicted octanol–water partition coefficient (Wildman–Crippen LogP) is 2.64. The summed E-state index contributed by atoms with van der Waals surface area (Å²) in [6.45, 7) is 8.71. The van der Waals surface area contributed by atoms with E-state index in [0.29, 0.717) is 19.4 Å². The van der Waals surface area contributed by atoms with Gasteiger partial charge in [0.15, 0.2) is 0 Å². The molecular weight excluding hydrogens is 284 g/mol. The first-order chi connectivity index (χ1) is 9.97. The number of hydrogen-bond donors (Lipinski definition) is 2. The van der Waals surface area contributed by atoms with Gasteiger partial charge in [0.1, 0.15) is 0 Å². The van der Waals surface area contributed by atoms with E-state index >= 15 is 0 Å². The number of aryl methyl sites for hydroxylation is 3. The molecular formula is C15H22N4OS. The lowest BCUT2D eigenvalue weighted by molar-refractivity contribution is -0.121. The average molecular weight is 306 g/mol. The normalized spacial score (nSPS) is 12.4. The van der Waals surface area contributed by atoms with E-state index in [-0.39, 0.29) is 11.8 Å². The summed E-state index contributed by atoms with van der Waals surface area (Å²) in [6.07, 6.45) is 1.14. The lowest BCUT2D eigenvalue weighted by Gasteiger charge is -2.10. The van der Waals surface area contributed by atoms with Crippen LogP contribution in [0.1, 0.15) is 46.9 Å². The Morgan fingerprint density at radius 2 is 2.19 bits per heavy atom. The van der Waals surface area contributed by atoms with Crippen molar-refractivity contribution in [1.82, 2.24) is 20.5 Å². The zero-order valence-corrected chi connectivity index (χ0v) is 13.8. The lowest BCUT2D eigenvalue weighted by atomic mass is 10.1. The van der Waals surface area contributed by atoms with Crippen LogP contribution in [-0.4, -0.2) is 27.6 Å². The Bertz CT molecular complexity index is 617. The lowest BCUT2D eigenvalue weighted by Crippen LogP contribution is -2.27. The molecule has 0 saturated carbocycles. The second-order valence-electron chi connectivity index (χ2n) is 5.45. The highest BCUT2D eigenvalue weighted by Gasteiger charge is 2.12. The van der Waals surface area contributed by atoms with Gasteiger partial charge in [0.2, 0.25) is 5.91 Å². The Morgan fingerprint density at radius 3 is 2.76 bits per heavy atom. The summed E-state index contributed by atoms with van der Waals surface area (Å²) in [6, 6.07) is 0. The molecule has 2 heterocycles. The molecule has 2 aromatic heterocycles. The molecule has 5 nitrogen and oxygen atoms in total. The molecule has 1 amide bonds. The Kier molecular flexibility index (Phi) is 5.12. The van der Waals surface area contributed by atoms with Crippen LogP contribution in [0.2, 0.25) is 0 Å². The standard InChI is InChI=1S/C15H22N4OS/c1-9(15-17-10(2)8-21-15)7-16-14(20)6-5-13-11(3)12(4)18-19-13/h8-9H,5-7H2,1-4H3,(H,16,20)(H,18,19). The highest BCUT2D eigenvalue weighted by molar-refractivity contribution is 7.09. The summed E-state index contributed by atoms with van der Waals surface area (Å²) >= 11 is 1.65. The van der Waals surface area contributed by atoms with E-state index in [1.54, 1.807) is 11.3 Å². The Hall–Kier alpha value is -1.69. The van der Waals surface area contributed by atoms with Gasteiger partial charge in [0.05, 0.1) is 10.7 Å². The van der Waals surface area contributed by atoms with Crippen molar-refractivity contribution in [3.8, 4) is 0 Å². The molecule has 0 saturated heterocycles. The minimum atomic E-state index is 0.0650. The van der Waals surface area contributed by atoms with Crippen molar-refractivity contribution in [2.24, 2.45) is 0 Å². The van der Waals surface area contributed by atoms with Crippen LogP contribution in [-0.2, 0) is 11.2 Å². The van der Waals surface area contributed by atoms with Crippen LogP contribution in [0.3, 0.4) is 0 Å². The van der Waals surface area contributed by atoms with Gasteiger partial charge in [0, 0.05) is 42.1 Å². The third-order valence-corrected chi connectivity index (χ3v) is 4.80. The van der Waals surface area contributed by atoms with Crippen LogP contribution in [0.4, 0.5) is 0 Å². The number of nitrogens with zero attached hydrogens (tertiary/aromatic N) is 2. The third kappa shape index (κ3) is 4.14. The number of aromatic amines is 1. The number of amides is 1. The van der Waals surface area contributed by atoms with E-state index in [1.165, 1.54) is 0 Å². The fraction of sp³-hybridized carbons (Fsp3) is 0.533. The Balaban J connectivity index is 1.76. The van der Waals surface area contributed by atoms with Crippen molar-refractivity contribution in [2.45, 2.75) is 46.5 Å². The van der Waals surface area contributed by atoms with Gasteiger partial charge in [0.25, 0.3) is 0 Å². The smallest absolute Gasteiger partial charge is 0.220 e. The molecule has 0 bridgehead atoms. The van der Waals surface area contributed by atoms with Gasteiger partial charge in [-0.25, -0.2) is 4.98 Å². The largest absolute Gasteiger partial charge is 0.355 e. The van der Waals surface area contributed by atoms with Crippen molar-refractivity contribution >= 4 is 17.2 Å².